The van der Waals surface area contributed by atoms with Crippen molar-refractivity contribution in [2.75, 3.05) is 4.90 Å². The van der Waals surface area contributed by atoms with Crippen molar-refractivity contribution < 1.29 is 4.79 Å². The van der Waals surface area contributed by atoms with Gasteiger partial charge in [0.2, 0.25) is 6.41 Å². The Morgan fingerprint density at radius 2 is 1.94 bits per heavy atom. The molecule has 2 aromatic carbocycles. The number of hydrogen-bond acceptors (Lipinski definition) is 2. The molecule has 84 valence electrons. The van der Waals surface area contributed by atoms with Crippen molar-refractivity contribution in [3.63, 3.8) is 0 Å². The molecule has 0 spiro atoms. The van der Waals surface area contributed by atoms with Gasteiger partial charge in [0.25, 0.3) is 0 Å². The second-order valence-corrected chi connectivity index (χ2v) is 3.82. The van der Waals surface area contributed by atoms with E-state index in [1.54, 1.807) is 6.92 Å². The molecule has 2 rings (SSSR count). The first kappa shape index (κ1) is 11.2. The third kappa shape index (κ3) is 1.98. The molecule has 0 aromatic heterocycles. The highest BCUT2D eigenvalue weighted by Gasteiger charge is 2.14. The maximum atomic E-state index is 11.1. The van der Waals surface area contributed by atoms with Gasteiger partial charge in [0, 0.05) is 5.39 Å². The average Bonchev–Trinajstić information content (AvgIpc) is 2.39. The van der Waals surface area contributed by atoms with Crippen LogP contribution in [0.2, 0.25) is 0 Å². The summed E-state index contributed by atoms with van der Waals surface area (Å²) in [7, 11) is 0. The quantitative estimate of drug-likeness (QED) is 0.752. The van der Waals surface area contributed by atoms with E-state index < -0.39 is 6.04 Å². The molecule has 3 nitrogen and oxygen atoms in total. The van der Waals surface area contributed by atoms with Gasteiger partial charge in [-0.05, 0) is 18.4 Å². The molecule has 0 bridgehead atoms. The van der Waals surface area contributed by atoms with Gasteiger partial charge in [0.1, 0.15) is 6.04 Å². The van der Waals surface area contributed by atoms with Crippen molar-refractivity contribution in [2.45, 2.75) is 13.0 Å². The van der Waals surface area contributed by atoms with Gasteiger partial charge in [-0.2, -0.15) is 5.26 Å². The van der Waals surface area contributed by atoms with E-state index in [9.17, 15) is 4.79 Å². The van der Waals surface area contributed by atoms with Gasteiger partial charge in [-0.3, -0.25) is 9.69 Å². The van der Waals surface area contributed by atoms with Crippen LogP contribution in [0.15, 0.2) is 42.5 Å². The minimum absolute atomic E-state index is 0.474. The standard InChI is InChI=1S/C14H12N2O/c1-11(9-15)16(10-17)14-8-4-6-12-5-2-3-7-13(12)14/h2-8,10-11H,1H3. The second kappa shape index (κ2) is 4.67. The van der Waals surface area contributed by atoms with Crippen LogP contribution in [0.5, 0.6) is 0 Å². The number of fused-ring (bicyclic) bond motifs is 1. The van der Waals surface area contributed by atoms with Crippen molar-refractivity contribution in [3.05, 3.63) is 42.5 Å². The molecule has 0 heterocycles. The van der Waals surface area contributed by atoms with Gasteiger partial charge in [0.15, 0.2) is 0 Å². The number of benzene rings is 2. The lowest BCUT2D eigenvalue weighted by molar-refractivity contribution is -0.107. The molecule has 2 aromatic rings. The van der Waals surface area contributed by atoms with Crippen LogP contribution < -0.4 is 4.90 Å². The van der Waals surface area contributed by atoms with Gasteiger partial charge in [-0.1, -0.05) is 36.4 Å². The molecule has 0 aliphatic heterocycles. The van der Waals surface area contributed by atoms with E-state index in [1.165, 1.54) is 4.90 Å². The molecule has 17 heavy (non-hydrogen) atoms. The van der Waals surface area contributed by atoms with E-state index in [4.69, 9.17) is 5.26 Å². The van der Waals surface area contributed by atoms with E-state index in [-0.39, 0.29) is 0 Å². The Hall–Kier alpha value is -2.34. The fourth-order valence-electron chi connectivity index (χ4n) is 1.85. The summed E-state index contributed by atoms with van der Waals surface area (Å²) >= 11 is 0. The molecule has 0 radical (unpaired) electrons. The summed E-state index contributed by atoms with van der Waals surface area (Å²) in [5.74, 6) is 0. The number of rotatable bonds is 3. The average molecular weight is 224 g/mol. The Morgan fingerprint density at radius 3 is 2.65 bits per heavy atom. The van der Waals surface area contributed by atoms with Crippen molar-refractivity contribution >= 4 is 22.9 Å². The zero-order chi connectivity index (χ0) is 12.3. The molecule has 0 N–H and O–H groups in total. The van der Waals surface area contributed by atoms with E-state index >= 15 is 0 Å². The minimum atomic E-state index is -0.474. The first-order valence-electron chi connectivity index (χ1n) is 5.39. The van der Waals surface area contributed by atoms with Crippen LogP contribution in [0, 0.1) is 11.3 Å². The smallest absolute Gasteiger partial charge is 0.215 e. The predicted molar refractivity (Wildman–Crippen MR) is 67.6 cm³/mol. The molecule has 1 atom stereocenters. The fourth-order valence-corrected chi connectivity index (χ4v) is 1.85. The van der Waals surface area contributed by atoms with Crippen LogP contribution in [0.1, 0.15) is 6.92 Å². The van der Waals surface area contributed by atoms with Gasteiger partial charge in [-0.15, -0.1) is 0 Å². The second-order valence-electron chi connectivity index (χ2n) is 3.82. The molecular formula is C14H12N2O. The lowest BCUT2D eigenvalue weighted by Crippen LogP contribution is -2.30. The number of hydrogen-bond donors (Lipinski definition) is 0. The third-order valence-electron chi connectivity index (χ3n) is 2.76. The van der Waals surface area contributed by atoms with Crippen LogP contribution in [-0.2, 0) is 4.79 Å². The van der Waals surface area contributed by atoms with Gasteiger partial charge in [0.05, 0.1) is 11.8 Å². The fraction of sp³-hybridized carbons (Fsp3) is 0.143. The van der Waals surface area contributed by atoms with Crippen molar-refractivity contribution in [1.29, 1.82) is 5.26 Å². The summed E-state index contributed by atoms with van der Waals surface area (Å²) in [6.07, 6.45) is 0.704. The molecule has 0 aliphatic rings. The Bertz CT molecular complexity index is 581. The molecule has 0 saturated heterocycles. The molecule has 0 saturated carbocycles. The lowest BCUT2D eigenvalue weighted by Gasteiger charge is -2.21. The molecular weight excluding hydrogens is 212 g/mol. The Balaban J connectivity index is 2.62. The molecule has 0 fully saturated rings. The topological polar surface area (TPSA) is 44.1 Å². The summed E-state index contributed by atoms with van der Waals surface area (Å²) in [6, 6.07) is 15.1. The Morgan fingerprint density at radius 1 is 1.24 bits per heavy atom. The lowest BCUT2D eigenvalue weighted by atomic mass is 10.1. The summed E-state index contributed by atoms with van der Waals surface area (Å²) < 4.78 is 0. The first-order chi connectivity index (χ1) is 8.27. The number of carbonyl (C=O) groups excluding carboxylic acids is 1. The highest BCUT2D eigenvalue weighted by molar-refractivity contribution is 5.98. The van der Waals surface area contributed by atoms with E-state index in [2.05, 4.69) is 6.07 Å². The van der Waals surface area contributed by atoms with E-state index in [1.807, 2.05) is 42.5 Å². The number of amides is 1. The summed E-state index contributed by atoms with van der Waals surface area (Å²) in [5.41, 5.74) is 0.771. The predicted octanol–water partition coefficient (Wildman–Crippen LogP) is 2.71. The van der Waals surface area contributed by atoms with Gasteiger partial charge < -0.3 is 0 Å². The number of anilines is 1. The summed E-state index contributed by atoms with van der Waals surface area (Å²) in [5, 5.41) is 11.0. The summed E-state index contributed by atoms with van der Waals surface area (Å²) in [6.45, 7) is 1.70. The van der Waals surface area contributed by atoms with Crippen LogP contribution in [0.25, 0.3) is 10.8 Å². The summed E-state index contributed by atoms with van der Waals surface area (Å²) in [4.78, 5) is 12.6. The molecule has 1 unspecified atom stereocenters. The SMILES string of the molecule is CC(C#N)N(C=O)c1cccc2ccccc12. The molecule has 0 aliphatic carbocycles. The van der Waals surface area contributed by atoms with Gasteiger partial charge >= 0.3 is 0 Å². The highest BCUT2D eigenvalue weighted by Crippen LogP contribution is 2.26. The number of carbonyl (C=O) groups is 1. The Labute approximate surface area is 99.9 Å². The normalized spacial score (nSPS) is 11.8. The van der Waals surface area contributed by atoms with Crippen LogP contribution in [0.3, 0.4) is 0 Å². The number of nitriles is 1. The molecule has 3 heteroatoms. The zero-order valence-corrected chi connectivity index (χ0v) is 9.50. The van der Waals surface area contributed by atoms with E-state index in [0.717, 1.165) is 16.5 Å². The van der Waals surface area contributed by atoms with Crippen LogP contribution in [0.4, 0.5) is 5.69 Å². The highest BCUT2D eigenvalue weighted by atomic mass is 16.1. The van der Waals surface area contributed by atoms with Crippen molar-refractivity contribution in [1.82, 2.24) is 0 Å². The Kier molecular flexibility index (Phi) is 3.06. The zero-order valence-electron chi connectivity index (χ0n) is 9.50. The van der Waals surface area contributed by atoms with Crippen molar-refractivity contribution in [3.8, 4) is 6.07 Å². The van der Waals surface area contributed by atoms with Crippen molar-refractivity contribution in [2.24, 2.45) is 0 Å². The van der Waals surface area contributed by atoms with Gasteiger partial charge in [-0.25, -0.2) is 0 Å². The molecule has 1 amide bonds. The van der Waals surface area contributed by atoms with E-state index in [0.29, 0.717) is 6.41 Å². The number of nitrogens with zero attached hydrogens (tertiary/aromatic N) is 2. The maximum absolute atomic E-state index is 11.1. The first-order valence-corrected chi connectivity index (χ1v) is 5.39. The van der Waals surface area contributed by atoms with Crippen LogP contribution in [-0.4, -0.2) is 12.5 Å². The monoisotopic (exact) mass is 224 g/mol. The minimum Gasteiger partial charge on any atom is -0.298 e. The van der Waals surface area contributed by atoms with Crippen LogP contribution >= 0.6 is 0 Å². The maximum Gasteiger partial charge on any atom is 0.215 e. The third-order valence-corrected chi connectivity index (χ3v) is 2.76. The largest absolute Gasteiger partial charge is 0.298 e.